The second-order valence-corrected chi connectivity index (χ2v) is 3.52. The average Bonchev–Trinajstić information content (AvgIpc) is 1.99. The van der Waals surface area contributed by atoms with Gasteiger partial charge in [0.1, 0.15) is 0 Å². The van der Waals surface area contributed by atoms with Crippen molar-refractivity contribution in [3.8, 4) is 0 Å². The Labute approximate surface area is 86.4 Å². The van der Waals surface area contributed by atoms with E-state index in [9.17, 15) is 8.78 Å². The van der Waals surface area contributed by atoms with Crippen molar-refractivity contribution < 1.29 is 18.8 Å². The lowest BCUT2D eigenvalue weighted by atomic mass is 9.80. The Morgan fingerprint density at radius 3 is 2.31 bits per heavy atom. The van der Waals surface area contributed by atoms with Crippen LogP contribution in [-0.4, -0.2) is 17.2 Å². The Morgan fingerprint density at radius 2 is 1.85 bits per heavy atom. The van der Waals surface area contributed by atoms with Crippen LogP contribution >= 0.6 is 27.5 Å². The molecular weight excluding hydrogens is 268 g/mol. The average molecular weight is 271 g/mol. The van der Waals surface area contributed by atoms with Crippen LogP contribution in [-0.2, 0) is 0 Å². The lowest BCUT2D eigenvalue weighted by molar-refractivity contribution is 0.420. The fourth-order valence-electron chi connectivity index (χ4n) is 0.817. The predicted molar refractivity (Wildman–Crippen MR) is 48.9 cm³/mol. The highest BCUT2D eigenvalue weighted by Gasteiger charge is 2.24. The zero-order valence-corrected chi connectivity index (χ0v) is 8.40. The number of halogens is 4. The molecule has 0 aromatic heterocycles. The molecule has 0 saturated carbocycles. The van der Waals surface area contributed by atoms with Gasteiger partial charge in [-0.2, -0.15) is 0 Å². The quantitative estimate of drug-likeness (QED) is 0.455. The molecule has 1 aromatic carbocycles. The largest absolute Gasteiger partial charge is 0.493 e. The second-order valence-electron chi connectivity index (χ2n) is 2.26. The monoisotopic (exact) mass is 270 g/mol. The van der Waals surface area contributed by atoms with E-state index in [2.05, 4.69) is 15.9 Å². The van der Waals surface area contributed by atoms with E-state index in [1.807, 2.05) is 0 Å². The van der Waals surface area contributed by atoms with E-state index in [1.165, 1.54) is 0 Å². The van der Waals surface area contributed by atoms with Gasteiger partial charge in [-0.15, -0.1) is 0 Å². The predicted octanol–water partition coefficient (Wildman–Crippen LogP) is 1.06. The molecule has 0 bridgehead atoms. The van der Waals surface area contributed by atoms with Crippen molar-refractivity contribution in [1.82, 2.24) is 0 Å². The van der Waals surface area contributed by atoms with Crippen LogP contribution in [0.2, 0.25) is 5.02 Å². The van der Waals surface area contributed by atoms with Crippen molar-refractivity contribution in [2.45, 2.75) is 0 Å². The van der Waals surface area contributed by atoms with Crippen LogP contribution in [0.5, 0.6) is 0 Å². The maximum absolute atomic E-state index is 13.0. The van der Waals surface area contributed by atoms with E-state index in [0.717, 1.165) is 6.07 Å². The van der Waals surface area contributed by atoms with Gasteiger partial charge in [-0.25, -0.2) is 8.78 Å². The molecule has 0 aliphatic heterocycles. The van der Waals surface area contributed by atoms with Gasteiger partial charge in [-0.1, -0.05) is 11.6 Å². The van der Waals surface area contributed by atoms with Crippen molar-refractivity contribution in [3.05, 3.63) is 27.2 Å². The summed E-state index contributed by atoms with van der Waals surface area (Å²) in [7, 11) is -2.13. The molecule has 0 aliphatic rings. The van der Waals surface area contributed by atoms with Crippen LogP contribution in [0.3, 0.4) is 0 Å². The summed E-state index contributed by atoms with van der Waals surface area (Å²) in [6.07, 6.45) is 0. The Kier molecular flexibility index (Phi) is 3.29. The molecule has 2 N–H and O–H groups in total. The van der Waals surface area contributed by atoms with Crippen molar-refractivity contribution in [2.75, 3.05) is 0 Å². The van der Waals surface area contributed by atoms with Gasteiger partial charge in [0.25, 0.3) is 0 Å². The highest BCUT2D eigenvalue weighted by atomic mass is 79.9. The maximum Gasteiger partial charge on any atom is 0.493 e. The number of hydrogen-bond donors (Lipinski definition) is 2. The fraction of sp³-hybridized carbons (Fsp3) is 0. The SMILES string of the molecule is OB(O)c1c(Cl)cc(Br)c(F)c1F. The van der Waals surface area contributed by atoms with Gasteiger partial charge in [0.15, 0.2) is 11.6 Å². The molecule has 0 aliphatic carbocycles. The summed E-state index contributed by atoms with van der Waals surface area (Å²) in [6.45, 7) is 0. The molecule has 0 amide bonds. The van der Waals surface area contributed by atoms with Crippen molar-refractivity contribution in [3.63, 3.8) is 0 Å². The summed E-state index contributed by atoms with van der Waals surface area (Å²) in [5, 5.41) is 17.1. The molecular formula is C6H3BBrClF2O2. The summed E-state index contributed by atoms with van der Waals surface area (Å²) in [5.41, 5.74) is -0.664. The third kappa shape index (κ3) is 2.02. The van der Waals surface area contributed by atoms with E-state index in [0.29, 0.717) is 0 Å². The van der Waals surface area contributed by atoms with E-state index in [1.54, 1.807) is 0 Å². The van der Waals surface area contributed by atoms with Gasteiger partial charge in [0, 0.05) is 10.5 Å². The summed E-state index contributed by atoms with van der Waals surface area (Å²) < 4.78 is 25.6. The molecule has 7 heteroatoms. The first-order chi connectivity index (χ1) is 5.95. The second kappa shape index (κ2) is 3.92. The first-order valence-corrected chi connectivity index (χ1v) is 4.31. The van der Waals surface area contributed by atoms with E-state index < -0.39 is 24.2 Å². The number of rotatable bonds is 1. The zero-order chi connectivity index (χ0) is 10.2. The third-order valence-electron chi connectivity index (χ3n) is 1.41. The van der Waals surface area contributed by atoms with Crippen LogP contribution in [0.1, 0.15) is 0 Å². The molecule has 0 spiro atoms. The topological polar surface area (TPSA) is 40.5 Å². The molecule has 1 rings (SSSR count). The van der Waals surface area contributed by atoms with Gasteiger partial charge in [0.05, 0.1) is 4.47 Å². The molecule has 2 nitrogen and oxygen atoms in total. The molecule has 0 atom stereocenters. The standard InChI is InChI=1S/C6H3BBrClF2O2/c8-2-1-3(9)4(7(12)13)6(11)5(2)10/h1,12-13H. The van der Waals surface area contributed by atoms with Crippen LogP contribution in [0.25, 0.3) is 0 Å². The maximum atomic E-state index is 13.0. The highest BCUT2D eigenvalue weighted by Crippen LogP contribution is 2.21. The van der Waals surface area contributed by atoms with Gasteiger partial charge in [-0.3, -0.25) is 0 Å². The van der Waals surface area contributed by atoms with Crippen molar-refractivity contribution in [2.24, 2.45) is 0 Å². The molecule has 0 radical (unpaired) electrons. The van der Waals surface area contributed by atoms with Gasteiger partial charge in [-0.05, 0) is 22.0 Å². The Morgan fingerprint density at radius 1 is 1.31 bits per heavy atom. The summed E-state index contributed by atoms with van der Waals surface area (Å²) >= 11 is 8.16. The van der Waals surface area contributed by atoms with Gasteiger partial charge >= 0.3 is 7.12 Å². The number of benzene rings is 1. The van der Waals surface area contributed by atoms with Crippen LogP contribution < -0.4 is 5.46 Å². The minimum atomic E-state index is -2.13. The Hall–Kier alpha value is -0.165. The highest BCUT2D eigenvalue weighted by molar-refractivity contribution is 9.10. The fourth-order valence-corrected chi connectivity index (χ4v) is 1.64. The van der Waals surface area contributed by atoms with E-state index >= 15 is 0 Å². The Balaban J connectivity index is 3.44. The molecule has 0 saturated heterocycles. The number of hydrogen-bond acceptors (Lipinski definition) is 2. The minimum Gasteiger partial charge on any atom is -0.423 e. The first kappa shape index (κ1) is 10.9. The smallest absolute Gasteiger partial charge is 0.423 e. The van der Waals surface area contributed by atoms with Gasteiger partial charge < -0.3 is 10.0 Å². The molecule has 0 unspecified atom stereocenters. The summed E-state index contributed by atoms with van der Waals surface area (Å²) in [6, 6.07) is 1.05. The molecule has 13 heavy (non-hydrogen) atoms. The van der Waals surface area contributed by atoms with Crippen molar-refractivity contribution >= 4 is 40.1 Å². The summed E-state index contributed by atoms with van der Waals surface area (Å²) in [5.74, 6) is -2.57. The zero-order valence-electron chi connectivity index (χ0n) is 6.06. The molecule has 0 heterocycles. The molecule has 70 valence electrons. The Bertz CT molecular complexity index is 348. The third-order valence-corrected chi connectivity index (χ3v) is 2.30. The van der Waals surface area contributed by atoms with Crippen LogP contribution in [0, 0.1) is 11.6 Å². The summed E-state index contributed by atoms with van der Waals surface area (Å²) in [4.78, 5) is 0. The van der Waals surface area contributed by atoms with Crippen molar-refractivity contribution in [1.29, 1.82) is 0 Å². The normalized spacial score (nSPS) is 10.3. The first-order valence-electron chi connectivity index (χ1n) is 3.14. The lowest BCUT2D eigenvalue weighted by Gasteiger charge is -2.06. The lowest BCUT2D eigenvalue weighted by Crippen LogP contribution is -2.34. The molecule has 1 aromatic rings. The minimum absolute atomic E-state index is 0.167. The van der Waals surface area contributed by atoms with E-state index in [4.69, 9.17) is 21.6 Å². The van der Waals surface area contributed by atoms with E-state index in [-0.39, 0.29) is 9.50 Å². The van der Waals surface area contributed by atoms with Crippen LogP contribution in [0.15, 0.2) is 10.5 Å². The molecule has 0 fully saturated rings. The van der Waals surface area contributed by atoms with Gasteiger partial charge in [0.2, 0.25) is 0 Å². The van der Waals surface area contributed by atoms with Crippen LogP contribution in [0.4, 0.5) is 8.78 Å².